The van der Waals surface area contributed by atoms with Gasteiger partial charge in [0.2, 0.25) is 0 Å². The summed E-state index contributed by atoms with van der Waals surface area (Å²) in [5.74, 6) is 0.272. The molecule has 0 aromatic heterocycles. The van der Waals surface area contributed by atoms with E-state index in [0.717, 1.165) is 17.0 Å². The zero-order valence-electron chi connectivity index (χ0n) is 14.5. The van der Waals surface area contributed by atoms with E-state index in [9.17, 15) is 9.50 Å². The van der Waals surface area contributed by atoms with Crippen molar-refractivity contribution in [1.29, 1.82) is 0 Å². The Kier molecular flexibility index (Phi) is 5.81. The van der Waals surface area contributed by atoms with E-state index in [0.29, 0.717) is 18.7 Å². The molecule has 0 bridgehead atoms. The highest BCUT2D eigenvalue weighted by molar-refractivity contribution is 6.31. The van der Waals surface area contributed by atoms with Crippen LogP contribution in [0, 0.1) is 5.82 Å². The summed E-state index contributed by atoms with van der Waals surface area (Å²) in [6.07, 6.45) is -0.530. The quantitative estimate of drug-likeness (QED) is 0.857. The number of benzene rings is 2. The summed E-state index contributed by atoms with van der Waals surface area (Å²) >= 11 is 6.22. The summed E-state index contributed by atoms with van der Waals surface area (Å²) in [6, 6.07) is 11.9. The highest BCUT2D eigenvalue weighted by Gasteiger charge is 2.36. The Labute approximate surface area is 157 Å². The van der Waals surface area contributed by atoms with Crippen LogP contribution in [0.2, 0.25) is 5.02 Å². The van der Waals surface area contributed by atoms with E-state index >= 15 is 0 Å². The number of nitrogens with zero attached hydrogens (tertiary/aromatic N) is 1. The second-order valence-corrected chi connectivity index (χ2v) is 6.54. The van der Waals surface area contributed by atoms with Gasteiger partial charge in [0.1, 0.15) is 17.7 Å². The maximum absolute atomic E-state index is 14.0. The molecule has 0 saturated carbocycles. The molecular weight excluding hydrogens is 357 g/mol. The van der Waals surface area contributed by atoms with Crippen molar-refractivity contribution in [3.05, 3.63) is 76.7 Å². The van der Waals surface area contributed by atoms with Crippen molar-refractivity contribution in [3.8, 4) is 5.75 Å². The first kappa shape index (κ1) is 18.7. The summed E-state index contributed by atoms with van der Waals surface area (Å²) < 4.78 is 24.9. The molecule has 0 amide bonds. The Morgan fingerprint density at radius 1 is 1.31 bits per heavy atom. The van der Waals surface area contributed by atoms with E-state index in [1.165, 1.54) is 6.07 Å². The molecule has 1 heterocycles. The van der Waals surface area contributed by atoms with Crippen molar-refractivity contribution in [2.75, 3.05) is 20.3 Å². The van der Waals surface area contributed by atoms with Gasteiger partial charge in [-0.2, -0.15) is 0 Å². The first-order chi connectivity index (χ1) is 12.5. The van der Waals surface area contributed by atoms with Crippen LogP contribution in [0.15, 0.2) is 54.7 Å². The minimum atomic E-state index is -0.530. The predicted molar refractivity (Wildman–Crippen MR) is 98.7 cm³/mol. The third kappa shape index (κ3) is 3.70. The Morgan fingerprint density at radius 3 is 2.69 bits per heavy atom. The van der Waals surface area contributed by atoms with Crippen LogP contribution >= 0.6 is 11.6 Å². The van der Waals surface area contributed by atoms with E-state index in [4.69, 9.17) is 21.1 Å². The molecule has 1 N–H and O–H groups in total. The van der Waals surface area contributed by atoms with Gasteiger partial charge in [-0.05, 0) is 29.3 Å². The molecule has 6 heteroatoms. The Bertz CT molecular complexity index is 781. The van der Waals surface area contributed by atoms with Gasteiger partial charge in [0.05, 0.1) is 31.4 Å². The van der Waals surface area contributed by atoms with E-state index < -0.39 is 18.0 Å². The summed E-state index contributed by atoms with van der Waals surface area (Å²) in [6.45, 7) is 4.70. The van der Waals surface area contributed by atoms with Gasteiger partial charge in [0.25, 0.3) is 0 Å². The van der Waals surface area contributed by atoms with Crippen molar-refractivity contribution in [3.63, 3.8) is 0 Å². The molecule has 1 aliphatic heterocycles. The van der Waals surface area contributed by atoms with Crippen molar-refractivity contribution in [1.82, 2.24) is 4.90 Å². The van der Waals surface area contributed by atoms with Gasteiger partial charge in [0, 0.05) is 12.2 Å². The number of halogens is 2. The third-order valence-electron chi connectivity index (χ3n) is 4.55. The molecule has 2 aromatic carbocycles. The fraction of sp³-hybridized carbons (Fsp3) is 0.300. The molecule has 4 nitrogen and oxygen atoms in total. The number of aliphatic hydroxyl groups is 1. The molecule has 2 atom stereocenters. The molecular formula is C20H21ClFNO3. The van der Waals surface area contributed by atoms with Gasteiger partial charge in [-0.3, -0.25) is 0 Å². The monoisotopic (exact) mass is 377 g/mol. The van der Waals surface area contributed by atoms with Gasteiger partial charge in [-0.25, -0.2) is 4.39 Å². The van der Waals surface area contributed by atoms with Gasteiger partial charge < -0.3 is 19.5 Å². The third-order valence-corrected chi connectivity index (χ3v) is 4.95. The van der Waals surface area contributed by atoms with E-state index in [1.54, 1.807) is 19.2 Å². The van der Waals surface area contributed by atoms with Gasteiger partial charge in [-0.1, -0.05) is 42.4 Å². The molecule has 0 spiro atoms. The highest BCUT2D eigenvalue weighted by Crippen LogP contribution is 2.38. The second-order valence-electron chi connectivity index (χ2n) is 6.16. The molecule has 2 aromatic rings. The summed E-state index contributed by atoms with van der Waals surface area (Å²) in [5, 5.41) is 9.82. The Morgan fingerprint density at radius 2 is 2.04 bits per heavy atom. The number of hydrogen-bond donors (Lipinski definition) is 1. The van der Waals surface area contributed by atoms with Crippen LogP contribution in [-0.4, -0.2) is 36.4 Å². The number of rotatable bonds is 5. The smallest absolute Gasteiger partial charge is 0.142 e. The number of morpholine rings is 1. The standard InChI is InChI=1S/C20H21ClFNO3/c1-13-12-26-18(11-24)20(16-4-3-5-17(22)19(16)21)23(13)10-14-6-8-15(25-2)9-7-14/h3-9,18,20,24H,1,10-12H2,2H3. The molecule has 26 heavy (non-hydrogen) atoms. The van der Waals surface area contributed by atoms with Gasteiger partial charge in [-0.15, -0.1) is 0 Å². The van der Waals surface area contributed by atoms with Crippen molar-refractivity contribution in [2.45, 2.75) is 18.7 Å². The highest BCUT2D eigenvalue weighted by atomic mass is 35.5. The largest absolute Gasteiger partial charge is 0.497 e. The maximum atomic E-state index is 14.0. The van der Waals surface area contributed by atoms with E-state index in [2.05, 4.69) is 6.58 Å². The van der Waals surface area contributed by atoms with Crippen LogP contribution in [0.4, 0.5) is 4.39 Å². The second kappa shape index (κ2) is 8.08. The Hall–Kier alpha value is -2.08. The minimum absolute atomic E-state index is 0.0361. The Balaban J connectivity index is 1.97. The normalized spacial score (nSPS) is 20.3. The van der Waals surface area contributed by atoms with Crippen molar-refractivity contribution in [2.24, 2.45) is 0 Å². The van der Waals surface area contributed by atoms with Crippen LogP contribution in [0.5, 0.6) is 5.75 Å². The lowest BCUT2D eigenvalue weighted by atomic mass is 9.96. The molecule has 1 fully saturated rings. The molecule has 2 unspecified atom stereocenters. The molecule has 3 rings (SSSR count). The van der Waals surface area contributed by atoms with Crippen LogP contribution in [0.3, 0.4) is 0 Å². The minimum Gasteiger partial charge on any atom is -0.497 e. The first-order valence-corrected chi connectivity index (χ1v) is 8.66. The topological polar surface area (TPSA) is 41.9 Å². The molecule has 1 saturated heterocycles. The van der Waals surface area contributed by atoms with Gasteiger partial charge in [0.15, 0.2) is 0 Å². The summed E-state index contributed by atoms with van der Waals surface area (Å²) in [4.78, 5) is 2.01. The molecule has 138 valence electrons. The fourth-order valence-electron chi connectivity index (χ4n) is 3.18. The first-order valence-electron chi connectivity index (χ1n) is 8.29. The zero-order valence-corrected chi connectivity index (χ0v) is 15.2. The van der Waals surface area contributed by atoms with Crippen LogP contribution < -0.4 is 4.74 Å². The average molecular weight is 378 g/mol. The lowest BCUT2D eigenvalue weighted by molar-refractivity contribution is -0.0711. The van der Waals surface area contributed by atoms with Crippen LogP contribution in [0.25, 0.3) is 0 Å². The fourth-order valence-corrected chi connectivity index (χ4v) is 3.42. The lowest BCUT2D eigenvalue weighted by Gasteiger charge is -2.44. The summed E-state index contributed by atoms with van der Waals surface area (Å²) in [5.41, 5.74) is 2.35. The van der Waals surface area contributed by atoms with E-state index in [1.807, 2.05) is 29.2 Å². The number of methoxy groups -OCH3 is 1. The van der Waals surface area contributed by atoms with Crippen LogP contribution in [0.1, 0.15) is 17.2 Å². The lowest BCUT2D eigenvalue weighted by Crippen LogP contribution is -2.45. The average Bonchev–Trinajstić information content (AvgIpc) is 2.66. The van der Waals surface area contributed by atoms with Crippen molar-refractivity contribution < 1.29 is 19.0 Å². The zero-order chi connectivity index (χ0) is 18.7. The SMILES string of the molecule is C=C1COC(CO)C(c2cccc(F)c2Cl)N1Cc1ccc(OC)cc1. The van der Waals surface area contributed by atoms with E-state index in [-0.39, 0.29) is 11.6 Å². The summed E-state index contributed by atoms with van der Waals surface area (Å²) in [7, 11) is 1.62. The number of ether oxygens (including phenoxy) is 2. The van der Waals surface area contributed by atoms with Crippen molar-refractivity contribution >= 4 is 11.6 Å². The predicted octanol–water partition coefficient (Wildman–Crippen LogP) is 3.94. The number of hydrogen-bond acceptors (Lipinski definition) is 4. The maximum Gasteiger partial charge on any atom is 0.142 e. The molecule has 1 aliphatic rings. The number of aliphatic hydroxyl groups excluding tert-OH is 1. The molecule has 0 radical (unpaired) electrons. The van der Waals surface area contributed by atoms with Gasteiger partial charge >= 0.3 is 0 Å². The molecule has 0 aliphatic carbocycles. The van der Waals surface area contributed by atoms with Crippen LogP contribution in [-0.2, 0) is 11.3 Å².